The van der Waals surface area contributed by atoms with Gasteiger partial charge in [-0.1, -0.05) is 42.5 Å². The van der Waals surface area contributed by atoms with E-state index >= 15 is 0 Å². The predicted molar refractivity (Wildman–Crippen MR) is 81.1 cm³/mol. The lowest BCUT2D eigenvalue weighted by molar-refractivity contribution is -0.136. The zero-order chi connectivity index (χ0) is 15.3. The zero-order valence-corrected chi connectivity index (χ0v) is 11.9. The summed E-state index contributed by atoms with van der Waals surface area (Å²) in [6.07, 6.45) is 1.80. The van der Waals surface area contributed by atoms with E-state index in [1.165, 1.54) is 7.11 Å². The van der Waals surface area contributed by atoms with Gasteiger partial charge in [0.2, 0.25) is 0 Å². The van der Waals surface area contributed by atoms with Crippen LogP contribution >= 0.6 is 0 Å². The molecule has 2 aromatic carbocycles. The third-order valence-electron chi connectivity index (χ3n) is 4.35. The summed E-state index contributed by atoms with van der Waals surface area (Å²) in [5, 5.41) is 3.01. The maximum absolute atomic E-state index is 12.4. The van der Waals surface area contributed by atoms with E-state index in [0.717, 1.165) is 16.7 Å². The van der Waals surface area contributed by atoms with Crippen molar-refractivity contribution in [2.45, 2.75) is 5.54 Å². The summed E-state index contributed by atoms with van der Waals surface area (Å²) in [7, 11) is 1.35. The highest BCUT2D eigenvalue weighted by atomic mass is 16.5. The van der Waals surface area contributed by atoms with Gasteiger partial charge in [-0.2, -0.15) is 0 Å². The number of carbonyl (C=O) groups is 2. The van der Waals surface area contributed by atoms with Crippen LogP contribution < -0.4 is 5.32 Å². The number of ether oxygens (including phenoxy) is 1. The van der Waals surface area contributed by atoms with Crippen molar-refractivity contribution in [3.05, 3.63) is 76.4 Å². The lowest BCUT2D eigenvalue weighted by atomic mass is 9.80. The summed E-state index contributed by atoms with van der Waals surface area (Å²) < 4.78 is 4.94. The Morgan fingerprint density at radius 1 is 1.05 bits per heavy atom. The van der Waals surface area contributed by atoms with Gasteiger partial charge in [-0.15, -0.1) is 0 Å². The van der Waals surface area contributed by atoms with Crippen LogP contribution in [-0.4, -0.2) is 19.0 Å². The normalized spacial score (nSPS) is 21.1. The van der Waals surface area contributed by atoms with E-state index in [9.17, 15) is 9.59 Å². The van der Waals surface area contributed by atoms with Gasteiger partial charge in [0.25, 0.3) is 5.91 Å². The lowest BCUT2D eigenvalue weighted by Crippen LogP contribution is -2.43. The second kappa shape index (κ2) is 4.31. The molecular formula is C18H13NO3. The Balaban J connectivity index is 2.06. The highest BCUT2D eigenvalue weighted by molar-refractivity contribution is 6.09. The molecule has 1 N–H and O–H groups in total. The van der Waals surface area contributed by atoms with E-state index in [4.69, 9.17) is 4.74 Å². The maximum Gasteiger partial charge on any atom is 0.336 e. The van der Waals surface area contributed by atoms with Gasteiger partial charge in [0.05, 0.1) is 12.7 Å². The minimum absolute atomic E-state index is 0.179. The molecule has 0 fully saturated rings. The van der Waals surface area contributed by atoms with Crippen LogP contribution in [0.4, 0.5) is 0 Å². The summed E-state index contributed by atoms with van der Waals surface area (Å²) in [6, 6.07) is 15.0. The molecule has 1 atom stereocenters. The van der Waals surface area contributed by atoms with Gasteiger partial charge < -0.3 is 10.1 Å². The molecule has 0 bridgehead atoms. The van der Waals surface area contributed by atoms with Crippen LogP contribution in [-0.2, 0) is 15.1 Å². The smallest absolute Gasteiger partial charge is 0.336 e. The fourth-order valence-electron chi connectivity index (χ4n) is 3.43. The standard InChI is InChI=1S/C18H13NO3/c1-22-17(21)15-10-11-6-2-4-8-13(11)18(15)14-9-5-3-7-12(14)16(20)19-18/h2-10H,1H3,(H,19,20). The fourth-order valence-corrected chi connectivity index (χ4v) is 3.43. The molecule has 1 unspecified atom stereocenters. The van der Waals surface area contributed by atoms with Crippen molar-refractivity contribution in [2.75, 3.05) is 7.11 Å². The molecule has 0 saturated heterocycles. The number of carbonyl (C=O) groups excluding carboxylic acids is 2. The van der Waals surface area contributed by atoms with E-state index in [2.05, 4.69) is 5.32 Å². The first kappa shape index (κ1) is 12.8. The number of nitrogens with one attached hydrogen (secondary N) is 1. The van der Waals surface area contributed by atoms with Crippen LogP contribution in [0, 0.1) is 0 Å². The second-order valence-corrected chi connectivity index (χ2v) is 5.39. The van der Waals surface area contributed by atoms with Crippen LogP contribution in [0.2, 0.25) is 0 Å². The van der Waals surface area contributed by atoms with Gasteiger partial charge in [0, 0.05) is 5.56 Å². The number of esters is 1. The molecule has 4 rings (SSSR count). The average molecular weight is 291 g/mol. The summed E-state index contributed by atoms with van der Waals surface area (Å²) in [6.45, 7) is 0. The summed E-state index contributed by atoms with van der Waals surface area (Å²) >= 11 is 0. The summed E-state index contributed by atoms with van der Waals surface area (Å²) in [5.41, 5.74) is 2.69. The van der Waals surface area contributed by atoms with Crippen molar-refractivity contribution in [3.63, 3.8) is 0 Å². The molecule has 2 aromatic rings. The van der Waals surface area contributed by atoms with E-state index in [1.807, 2.05) is 42.5 Å². The molecule has 4 heteroatoms. The van der Waals surface area contributed by atoms with Gasteiger partial charge in [0.1, 0.15) is 5.54 Å². The topological polar surface area (TPSA) is 55.4 Å². The van der Waals surface area contributed by atoms with Gasteiger partial charge in [-0.3, -0.25) is 4.79 Å². The fraction of sp³-hybridized carbons (Fsp3) is 0.111. The Kier molecular flexibility index (Phi) is 2.51. The quantitative estimate of drug-likeness (QED) is 0.820. The van der Waals surface area contributed by atoms with Gasteiger partial charge in [-0.05, 0) is 28.8 Å². The number of benzene rings is 2. The second-order valence-electron chi connectivity index (χ2n) is 5.39. The number of methoxy groups -OCH3 is 1. The monoisotopic (exact) mass is 291 g/mol. The largest absolute Gasteiger partial charge is 0.466 e. The zero-order valence-electron chi connectivity index (χ0n) is 11.9. The number of amides is 1. The van der Waals surface area contributed by atoms with Crippen molar-refractivity contribution in [1.82, 2.24) is 5.32 Å². The van der Waals surface area contributed by atoms with E-state index in [-0.39, 0.29) is 5.91 Å². The minimum Gasteiger partial charge on any atom is -0.466 e. The van der Waals surface area contributed by atoms with Gasteiger partial charge >= 0.3 is 5.97 Å². The van der Waals surface area contributed by atoms with Crippen molar-refractivity contribution < 1.29 is 14.3 Å². The molecule has 1 heterocycles. The third kappa shape index (κ3) is 1.41. The van der Waals surface area contributed by atoms with Crippen molar-refractivity contribution in [2.24, 2.45) is 0 Å². The van der Waals surface area contributed by atoms with Crippen LogP contribution in [0.25, 0.3) is 6.08 Å². The highest BCUT2D eigenvalue weighted by Crippen LogP contribution is 2.48. The van der Waals surface area contributed by atoms with E-state index in [0.29, 0.717) is 11.1 Å². The van der Waals surface area contributed by atoms with Crippen LogP contribution in [0.15, 0.2) is 54.1 Å². The average Bonchev–Trinajstić information content (AvgIpc) is 3.04. The van der Waals surface area contributed by atoms with Crippen LogP contribution in [0.1, 0.15) is 27.0 Å². The van der Waals surface area contributed by atoms with E-state index in [1.54, 1.807) is 12.1 Å². The van der Waals surface area contributed by atoms with Crippen molar-refractivity contribution in [1.29, 1.82) is 0 Å². The Morgan fingerprint density at radius 3 is 2.50 bits per heavy atom. The predicted octanol–water partition coefficient (Wildman–Crippen LogP) is 2.24. The summed E-state index contributed by atoms with van der Waals surface area (Å²) in [5.74, 6) is -0.615. The first-order valence-electron chi connectivity index (χ1n) is 7.00. The molecule has 0 saturated carbocycles. The van der Waals surface area contributed by atoms with Crippen molar-refractivity contribution in [3.8, 4) is 0 Å². The Morgan fingerprint density at radius 2 is 1.73 bits per heavy atom. The van der Waals surface area contributed by atoms with Gasteiger partial charge in [-0.25, -0.2) is 4.79 Å². The van der Waals surface area contributed by atoms with Crippen LogP contribution in [0.3, 0.4) is 0 Å². The first-order chi connectivity index (χ1) is 10.7. The number of rotatable bonds is 1. The van der Waals surface area contributed by atoms with Crippen molar-refractivity contribution >= 4 is 18.0 Å². The minimum atomic E-state index is -0.947. The Labute approximate surface area is 127 Å². The number of fused-ring (bicyclic) bond motifs is 4. The molecule has 1 spiro atoms. The third-order valence-corrected chi connectivity index (χ3v) is 4.35. The first-order valence-corrected chi connectivity index (χ1v) is 7.00. The van der Waals surface area contributed by atoms with Gasteiger partial charge in [0.15, 0.2) is 0 Å². The lowest BCUT2D eigenvalue weighted by Gasteiger charge is -2.29. The molecule has 1 aliphatic carbocycles. The Hall–Kier alpha value is -2.88. The maximum atomic E-state index is 12.4. The molecule has 108 valence electrons. The molecule has 0 aromatic heterocycles. The number of hydrogen-bond donors (Lipinski definition) is 1. The summed E-state index contributed by atoms with van der Waals surface area (Å²) in [4.78, 5) is 24.7. The molecule has 4 nitrogen and oxygen atoms in total. The molecule has 2 aliphatic rings. The molecular weight excluding hydrogens is 278 g/mol. The molecule has 22 heavy (non-hydrogen) atoms. The molecule has 0 radical (unpaired) electrons. The SMILES string of the molecule is COC(=O)C1=Cc2ccccc2C12NC(=O)c1ccccc12. The Bertz CT molecular complexity index is 853. The molecule has 1 aliphatic heterocycles. The van der Waals surface area contributed by atoms with Crippen LogP contribution in [0.5, 0.6) is 0 Å². The molecule has 1 amide bonds. The van der Waals surface area contributed by atoms with E-state index < -0.39 is 11.5 Å². The highest BCUT2D eigenvalue weighted by Gasteiger charge is 2.52. The number of hydrogen-bond acceptors (Lipinski definition) is 3.